The summed E-state index contributed by atoms with van der Waals surface area (Å²) < 4.78 is 0. The molecule has 0 aromatic heterocycles. The summed E-state index contributed by atoms with van der Waals surface area (Å²) in [5, 5.41) is 3.06. The molecular formula is C12H24N2O. The molecule has 1 rings (SSSR count). The lowest BCUT2D eigenvalue weighted by Gasteiger charge is -2.28. The molecule has 3 heteroatoms. The van der Waals surface area contributed by atoms with Crippen LogP contribution in [0, 0.1) is 11.8 Å². The molecule has 0 aromatic rings. The van der Waals surface area contributed by atoms with Gasteiger partial charge in [0.05, 0.1) is 5.54 Å². The molecule has 0 spiro atoms. The molecule has 0 bridgehead atoms. The molecule has 0 saturated heterocycles. The van der Waals surface area contributed by atoms with Crippen LogP contribution in [-0.4, -0.2) is 17.5 Å². The van der Waals surface area contributed by atoms with Gasteiger partial charge in [-0.1, -0.05) is 20.8 Å². The van der Waals surface area contributed by atoms with Crippen LogP contribution < -0.4 is 11.1 Å². The molecule has 2 atom stereocenters. The number of amides is 1. The summed E-state index contributed by atoms with van der Waals surface area (Å²) in [6.45, 7) is 8.20. The van der Waals surface area contributed by atoms with Gasteiger partial charge in [0.2, 0.25) is 5.91 Å². The van der Waals surface area contributed by atoms with Crippen molar-refractivity contribution < 1.29 is 4.79 Å². The number of rotatable bonds is 5. The lowest BCUT2D eigenvalue weighted by molar-refractivity contribution is -0.127. The summed E-state index contributed by atoms with van der Waals surface area (Å²) >= 11 is 0. The Kier molecular flexibility index (Phi) is 3.77. The Balaban J connectivity index is 2.53. The third-order valence-corrected chi connectivity index (χ3v) is 3.48. The molecule has 2 unspecified atom stereocenters. The van der Waals surface area contributed by atoms with Crippen molar-refractivity contribution in [3.05, 3.63) is 0 Å². The summed E-state index contributed by atoms with van der Waals surface area (Å²) in [5.41, 5.74) is 5.39. The molecule has 1 amide bonds. The fourth-order valence-corrected chi connectivity index (χ4v) is 1.93. The highest BCUT2D eigenvalue weighted by Gasteiger charge is 2.44. The Bertz CT molecular complexity index is 232. The summed E-state index contributed by atoms with van der Waals surface area (Å²) in [6.07, 6.45) is 3.15. The van der Waals surface area contributed by atoms with E-state index in [0.717, 1.165) is 19.3 Å². The largest absolute Gasteiger partial charge is 0.352 e. The van der Waals surface area contributed by atoms with E-state index in [1.165, 1.54) is 0 Å². The second-order valence-corrected chi connectivity index (χ2v) is 5.29. The molecule has 0 radical (unpaired) electrons. The van der Waals surface area contributed by atoms with Gasteiger partial charge < -0.3 is 11.1 Å². The van der Waals surface area contributed by atoms with E-state index in [4.69, 9.17) is 5.73 Å². The van der Waals surface area contributed by atoms with Gasteiger partial charge in [-0.2, -0.15) is 0 Å². The van der Waals surface area contributed by atoms with Crippen molar-refractivity contribution in [2.45, 2.75) is 58.5 Å². The number of carbonyl (C=O) groups excluding carboxylic acids is 1. The second kappa shape index (κ2) is 4.52. The summed E-state index contributed by atoms with van der Waals surface area (Å²) in [4.78, 5) is 12.0. The Morgan fingerprint density at radius 3 is 2.40 bits per heavy atom. The zero-order valence-corrected chi connectivity index (χ0v) is 10.3. The average Bonchev–Trinajstić information content (AvgIpc) is 2.95. The Morgan fingerprint density at radius 1 is 1.53 bits per heavy atom. The SMILES string of the molecule is CCC(NC(=O)C(C)(N)C1CC1)C(C)C. The molecule has 3 N–H and O–H groups in total. The normalized spacial score (nSPS) is 22.3. The number of carbonyl (C=O) groups is 1. The van der Waals surface area contributed by atoms with E-state index in [-0.39, 0.29) is 11.9 Å². The van der Waals surface area contributed by atoms with Crippen LogP contribution in [0.15, 0.2) is 0 Å². The predicted octanol–water partition coefficient (Wildman–Crippen LogP) is 1.66. The van der Waals surface area contributed by atoms with Crippen LogP contribution in [0.3, 0.4) is 0 Å². The molecule has 0 heterocycles. The molecular weight excluding hydrogens is 188 g/mol. The molecule has 88 valence electrons. The van der Waals surface area contributed by atoms with Crippen molar-refractivity contribution in [1.29, 1.82) is 0 Å². The first-order chi connectivity index (χ1) is 6.89. The molecule has 0 aliphatic heterocycles. The first-order valence-corrected chi connectivity index (χ1v) is 5.99. The predicted molar refractivity (Wildman–Crippen MR) is 62.4 cm³/mol. The zero-order valence-electron chi connectivity index (χ0n) is 10.3. The average molecular weight is 212 g/mol. The van der Waals surface area contributed by atoms with Gasteiger partial charge in [-0.25, -0.2) is 0 Å². The minimum Gasteiger partial charge on any atom is -0.352 e. The van der Waals surface area contributed by atoms with Crippen LogP contribution in [0.25, 0.3) is 0 Å². The van der Waals surface area contributed by atoms with Gasteiger partial charge >= 0.3 is 0 Å². The minimum atomic E-state index is -0.664. The van der Waals surface area contributed by atoms with E-state index in [2.05, 4.69) is 26.1 Å². The molecule has 1 saturated carbocycles. The van der Waals surface area contributed by atoms with E-state index in [1.54, 1.807) is 0 Å². The molecule has 15 heavy (non-hydrogen) atoms. The van der Waals surface area contributed by atoms with Gasteiger partial charge in [0, 0.05) is 6.04 Å². The highest BCUT2D eigenvalue weighted by molar-refractivity contribution is 5.86. The van der Waals surface area contributed by atoms with Crippen molar-refractivity contribution in [1.82, 2.24) is 5.32 Å². The highest BCUT2D eigenvalue weighted by atomic mass is 16.2. The van der Waals surface area contributed by atoms with Gasteiger partial charge in [0.1, 0.15) is 0 Å². The van der Waals surface area contributed by atoms with Crippen LogP contribution in [0.1, 0.15) is 47.0 Å². The van der Waals surface area contributed by atoms with Gasteiger partial charge in [-0.15, -0.1) is 0 Å². The highest BCUT2D eigenvalue weighted by Crippen LogP contribution is 2.38. The number of nitrogens with two attached hydrogens (primary N) is 1. The monoisotopic (exact) mass is 212 g/mol. The molecule has 1 aliphatic rings. The molecule has 0 aromatic carbocycles. The fourth-order valence-electron chi connectivity index (χ4n) is 1.93. The lowest BCUT2D eigenvalue weighted by Crippen LogP contribution is -2.56. The van der Waals surface area contributed by atoms with Gasteiger partial charge in [0.15, 0.2) is 0 Å². The number of nitrogens with one attached hydrogen (secondary N) is 1. The third kappa shape index (κ3) is 2.94. The van der Waals surface area contributed by atoms with Crippen LogP contribution in [0.4, 0.5) is 0 Å². The first-order valence-electron chi connectivity index (χ1n) is 5.99. The van der Waals surface area contributed by atoms with Crippen molar-refractivity contribution in [2.24, 2.45) is 17.6 Å². The standard InChI is InChI=1S/C12H24N2O/c1-5-10(8(2)3)14-11(15)12(4,13)9-6-7-9/h8-10H,5-7,13H2,1-4H3,(H,14,15). The smallest absolute Gasteiger partial charge is 0.240 e. The van der Waals surface area contributed by atoms with E-state index in [0.29, 0.717) is 11.8 Å². The maximum absolute atomic E-state index is 12.0. The van der Waals surface area contributed by atoms with Crippen molar-refractivity contribution >= 4 is 5.91 Å². The first kappa shape index (κ1) is 12.5. The topological polar surface area (TPSA) is 55.1 Å². The molecule has 1 fully saturated rings. The summed E-state index contributed by atoms with van der Waals surface area (Å²) in [7, 11) is 0. The van der Waals surface area contributed by atoms with Crippen LogP contribution in [0.2, 0.25) is 0 Å². The number of hydrogen-bond acceptors (Lipinski definition) is 2. The van der Waals surface area contributed by atoms with Crippen LogP contribution in [0.5, 0.6) is 0 Å². The number of hydrogen-bond donors (Lipinski definition) is 2. The third-order valence-electron chi connectivity index (χ3n) is 3.48. The van der Waals surface area contributed by atoms with Gasteiger partial charge in [0.25, 0.3) is 0 Å². The van der Waals surface area contributed by atoms with Crippen molar-refractivity contribution in [2.75, 3.05) is 0 Å². The van der Waals surface area contributed by atoms with E-state index in [9.17, 15) is 4.79 Å². The van der Waals surface area contributed by atoms with Crippen molar-refractivity contribution in [3.63, 3.8) is 0 Å². The van der Waals surface area contributed by atoms with Crippen LogP contribution in [-0.2, 0) is 4.79 Å². The fraction of sp³-hybridized carbons (Fsp3) is 0.917. The van der Waals surface area contributed by atoms with E-state index < -0.39 is 5.54 Å². The van der Waals surface area contributed by atoms with Crippen molar-refractivity contribution in [3.8, 4) is 0 Å². The summed E-state index contributed by atoms with van der Waals surface area (Å²) in [6, 6.07) is 0.249. The van der Waals surface area contributed by atoms with E-state index >= 15 is 0 Å². The van der Waals surface area contributed by atoms with Gasteiger partial charge in [-0.05, 0) is 38.0 Å². The Hall–Kier alpha value is -0.570. The quantitative estimate of drug-likeness (QED) is 0.728. The minimum absolute atomic E-state index is 0.0190. The van der Waals surface area contributed by atoms with E-state index in [1.807, 2.05) is 6.92 Å². The summed E-state index contributed by atoms with van der Waals surface area (Å²) in [5.74, 6) is 0.877. The Labute approximate surface area is 92.8 Å². The maximum Gasteiger partial charge on any atom is 0.240 e. The van der Waals surface area contributed by atoms with Gasteiger partial charge in [-0.3, -0.25) is 4.79 Å². The second-order valence-electron chi connectivity index (χ2n) is 5.29. The molecule has 1 aliphatic carbocycles. The van der Waals surface area contributed by atoms with Crippen LogP contribution >= 0.6 is 0 Å². The maximum atomic E-state index is 12.0. The Morgan fingerprint density at radius 2 is 2.07 bits per heavy atom. The zero-order chi connectivity index (χ0) is 11.6. The lowest BCUT2D eigenvalue weighted by atomic mass is 9.94. The molecule has 3 nitrogen and oxygen atoms in total.